The molecule has 0 aliphatic heterocycles. The van der Waals surface area contributed by atoms with Crippen molar-refractivity contribution >= 4 is 5.78 Å². The third-order valence-corrected chi connectivity index (χ3v) is 2.58. The second-order valence-electron chi connectivity index (χ2n) is 3.79. The predicted octanol–water partition coefficient (Wildman–Crippen LogP) is 2.41. The van der Waals surface area contributed by atoms with Crippen LogP contribution in [0.15, 0.2) is 24.3 Å². The molecule has 0 spiro atoms. The van der Waals surface area contributed by atoms with Gasteiger partial charge in [-0.3, -0.25) is 4.79 Å². The summed E-state index contributed by atoms with van der Waals surface area (Å²) in [6.07, 6.45) is 1.73. The number of carbonyl (C=O) groups excluding carboxylic acids is 1. The van der Waals surface area contributed by atoms with Gasteiger partial charge in [0.15, 0.2) is 5.78 Å². The van der Waals surface area contributed by atoms with Gasteiger partial charge in [0.1, 0.15) is 11.7 Å². The molecule has 2 nitrogen and oxygen atoms in total. The van der Waals surface area contributed by atoms with Crippen molar-refractivity contribution in [3.05, 3.63) is 35.6 Å². The van der Waals surface area contributed by atoms with Crippen molar-refractivity contribution in [2.75, 3.05) is 0 Å². The summed E-state index contributed by atoms with van der Waals surface area (Å²) in [6.45, 7) is 0. The molecule has 0 radical (unpaired) electrons. The lowest BCUT2D eigenvalue weighted by molar-refractivity contribution is -0.120. The molecular formula is C12H10FNO. The minimum absolute atomic E-state index is 0.0258. The standard InChI is InChI=1S/C12H10FNO/c13-10-3-1-2-9(6-10)11(7-14)12(15)8-4-5-8/h1-3,6,8,11H,4-5H2. The van der Waals surface area contributed by atoms with Gasteiger partial charge in [0.25, 0.3) is 0 Å². The molecule has 0 saturated heterocycles. The molecule has 0 heterocycles. The number of ketones is 1. The molecular weight excluding hydrogens is 193 g/mol. The predicted molar refractivity (Wildman–Crippen MR) is 52.5 cm³/mol. The van der Waals surface area contributed by atoms with Crippen LogP contribution in [0.2, 0.25) is 0 Å². The summed E-state index contributed by atoms with van der Waals surface area (Å²) in [5.41, 5.74) is 0.467. The molecule has 1 saturated carbocycles. The average molecular weight is 203 g/mol. The van der Waals surface area contributed by atoms with E-state index < -0.39 is 11.7 Å². The van der Waals surface area contributed by atoms with E-state index in [9.17, 15) is 9.18 Å². The molecule has 1 fully saturated rings. The topological polar surface area (TPSA) is 40.9 Å². The van der Waals surface area contributed by atoms with Crippen LogP contribution in [-0.2, 0) is 4.79 Å². The van der Waals surface area contributed by atoms with E-state index in [2.05, 4.69) is 0 Å². The van der Waals surface area contributed by atoms with Crippen molar-refractivity contribution in [3.8, 4) is 6.07 Å². The zero-order valence-corrected chi connectivity index (χ0v) is 8.11. The Balaban J connectivity index is 2.26. The Labute approximate surface area is 87.3 Å². The van der Waals surface area contributed by atoms with Gasteiger partial charge in [-0.15, -0.1) is 0 Å². The van der Waals surface area contributed by atoms with Crippen LogP contribution in [0.4, 0.5) is 4.39 Å². The van der Waals surface area contributed by atoms with Crippen molar-refractivity contribution in [1.29, 1.82) is 5.26 Å². The first kappa shape index (κ1) is 9.85. The minimum Gasteiger partial charge on any atom is -0.298 e. The molecule has 2 rings (SSSR count). The van der Waals surface area contributed by atoms with E-state index in [1.807, 2.05) is 6.07 Å². The fourth-order valence-corrected chi connectivity index (χ4v) is 1.59. The van der Waals surface area contributed by atoms with Crippen LogP contribution in [0.25, 0.3) is 0 Å². The third-order valence-electron chi connectivity index (χ3n) is 2.58. The van der Waals surface area contributed by atoms with Gasteiger partial charge in [0.05, 0.1) is 6.07 Å². The van der Waals surface area contributed by atoms with Gasteiger partial charge in [-0.05, 0) is 30.5 Å². The van der Waals surface area contributed by atoms with Gasteiger partial charge in [-0.2, -0.15) is 5.26 Å². The first-order valence-corrected chi connectivity index (χ1v) is 4.91. The van der Waals surface area contributed by atoms with Crippen LogP contribution < -0.4 is 0 Å². The first-order valence-electron chi connectivity index (χ1n) is 4.91. The summed E-state index contributed by atoms with van der Waals surface area (Å²) in [7, 11) is 0. The van der Waals surface area contributed by atoms with Gasteiger partial charge in [0, 0.05) is 5.92 Å². The maximum atomic E-state index is 12.9. The second kappa shape index (κ2) is 3.82. The Morgan fingerprint density at radius 1 is 1.53 bits per heavy atom. The van der Waals surface area contributed by atoms with Gasteiger partial charge in [0.2, 0.25) is 0 Å². The van der Waals surface area contributed by atoms with E-state index >= 15 is 0 Å². The monoisotopic (exact) mass is 203 g/mol. The third kappa shape index (κ3) is 2.04. The number of Topliss-reactive ketones (excluding diaryl/α,β-unsaturated/α-hetero) is 1. The van der Waals surface area contributed by atoms with Crippen LogP contribution in [-0.4, -0.2) is 5.78 Å². The Bertz CT molecular complexity index is 431. The Morgan fingerprint density at radius 3 is 2.80 bits per heavy atom. The van der Waals surface area contributed by atoms with Crippen molar-refractivity contribution in [2.24, 2.45) is 5.92 Å². The molecule has 1 aromatic rings. The summed E-state index contributed by atoms with van der Waals surface area (Å²) in [5, 5.41) is 8.92. The van der Waals surface area contributed by atoms with Crippen molar-refractivity contribution in [1.82, 2.24) is 0 Å². The Kier molecular flexibility index (Phi) is 2.51. The van der Waals surface area contributed by atoms with Crippen molar-refractivity contribution in [2.45, 2.75) is 18.8 Å². The van der Waals surface area contributed by atoms with Crippen LogP contribution >= 0.6 is 0 Å². The summed E-state index contributed by atoms with van der Waals surface area (Å²) in [6, 6.07) is 7.66. The average Bonchev–Trinajstić information content (AvgIpc) is 3.02. The van der Waals surface area contributed by atoms with Crippen molar-refractivity contribution in [3.63, 3.8) is 0 Å². The number of halogens is 1. The number of rotatable bonds is 3. The molecule has 1 aliphatic carbocycles. The highest BCUT2D eigenvalue weighted by Gasteiger charge is 2.35. The number of hydrogen-bond acceptors (Lipinski definition) is 2. The summed E-state index contributed by atoms with van der Waals surface area (Å²) < 4.78 is 12.9. The number of carbonyl (C=O) groups is 1. The largest absolute Gasteiger partial charge is 0.298 e. The second-order valence-corrected chi connectivity index (χ2v) is 3.79. The van der Waals surface area contributed by atoms with Gasteiger partial charge in [-0.25, -0.2) is 4.39 Å². The van der Waals surface area contributed by atoms with E-state index in [4.69, 9.17) is 5.26 Å². The molecule has 1 atom stereocenters. The lowest BCUT2D eigenvalue weighted by Gasteiger charge is -2.07. The summed E-state index contributed by atoms with van der Waals surface area (Å²) >= 11 is 0. The molecule has 1 aromatic carbocycles. The molecule has 3 heteroatoms. The van der Waals surface area contributed by atoms with Crippen LogP contribution in [0.3, 0.4) is 0 Å². The fraction of sp³-hybridized carbons (Fsp3) is 0.333. The van der Waals surface area contributed by atoms with Crippen LogP contribution in [0.5, 0.6) is 0 Å². The summed E-state index contributed by atoms with van der Waals surface area (Å²) in [4.78, 5) is 11.7. The Hall–Kier alpha value is -1.69. The van der Waals surface area contributed by atoms with E-state index in [-0.39, 0.29) is 11.7 Å². The van der Waals surface area contributed by atoms with E-state index in [0.29, 0.717) is 5.56 Å². The zero-order chi connectivity index (χ0) is 10.8. The van der Waals surface area contributed by atoms with Gasteiger partial charge in [-0.1, -0.05) is 12.1 Å². The van der Waals surface area contributed by atoms with Gasteiger partial charge < -0.3 is 0 Å². The van der Waals surface area contributed by atoms with Crippen molar-refractivity contribution < 1.29 is 9.18 Å². The molecule has 76 valence electrons. The maximum Gasteiger partial charge on any atom is 0.157 e. The maximum absolute atomic E-state index is 12.9. The smallest absolute Gasteiger partial charge is 0.157 e. The van der Waals surface area contributed by atoms with E-state index in [0.717, 1.165) is 12.8 Å². The molecule has 0 aromatic heterocycles. The number of nitrogens with zero attached hydrogens (tertiary/aromatic N) is 1. The quantitative estimate of drug-likeness (QED) is 0.756. The van der Waals surface area contributed by atoms with Crippen LogP contribution in [0.1, 0.15) is 24.3 Å². The molecule has 15 heavy (non-hydrogen) atoms. The van der Waals surface area contributed by atoms with E-state index in [1.165, 1.54) is 18.2 Å². The number of benzene rings is 1. The Morgan fingerprint density at radius 2 is 2.27 bits per heavy atom. The number of hydrogen-bond donors (Lipinski definition) is 0. The highest BCUT2D eigenvalue weighted by atomic mass is 19.1. The van der Waals surface area contributed by atoms with Crippen LogP contribution in [0, 0.1) is 23.1 Å². The first-order chi connectivity index (χ1) is 7.22. The minimum atomic E-state index is -0.798. The lowest BCUT2D eigenvalue weighted by Crippen LogP contribution is -2.12. The zero-order valence-electron chi connectivity index (χ0n) is 8.11. The molecule has 0 N–H and O–H groups in total. The fourth-order valence-electron chi connectivity index (χ4n) is 1.59. The molecule has 1 unspecified atom stereocenters. The van der Waals surface area contributed by atoms with Gasteiger partial charge >= 0.3 is 0 Å². The molecule has 1 aliphatic rings. The highest BCUT2D eigenvalue weighted by Crippen LogP contribution is 2.35. The van der Waals surface area contributed by atoms with E-state index in [1.54, 1.807) is 6.07 Å². The highest BCUT2D eigenvalue weighted by molar-refractivity contribution is 5.91. The lowest BCUT2D eigenvalue weighted by atomic mass is 9.93. The normalized spacial score (nSPS) is 16.8. The SMILES string of the molecule is N#CC(C(=O)C1CC1)c1cccc(F)c1. The summed E-state index contributed by atoms with van der Waals surface area (Å²) in [5.74, 6) is -1.24. The molecule has 0 bridgehead atoms. The molecule has 0 amide bonds. The number of nitriles is 1.